The molecule has 1 aliphatic heterocycles. The molecule has 0 radical (unpaired) electrons. The average molecular weight is 329 g/mol. The lowest BCUT2D eigenvalue weighted by molar-refractivity contribution is -0.139. The van der Waals surface area contributed by atoms with Gasteiger partial charge in [-0.3, -0.25) is 24.1 Å². The summed E-state index contributed by atoms with van der Waals surface area (Å²) in [5.74, 6) is -1.26. The fourth-order valence-corrected chi connectivity index (χ4v) is 1.90. The molecule has 9 heteroatoms. The fourth-order valence-electron chi connectivity index (χ4n) is 1.90. The van der Waals surface area contributed by atoms with E-state index < -0.39 is 24.2 Å². The fraction of sp³-hybridized carbons (Fsp3) is 0.714. The summed E-state index contributed by atoms with van der Waals surface area (Å²) in [5, 5.41) is 2.49. The lowest BCUT2D eigenvalue weighted by atomic mass is 10.1. The third-order valence-electron chi connectivity index (χ3n) is 2.88. The molecule has 23 heavy (non-hydrogen) atoms. The summed E-state index contributed by atoms with van der Waals surface area (Å²) in [5.41, 5.74) is 1.32. The SMILES string of the molecule is CC1CC(=O)N(CCNC(=O)CONC(=O)OC(C)(C)C)C1=O. The Morgan fingerprint density at radius 2 is 1.96 bits per heavy atom. The van der Waals surface area contributed by atoms with E-state index in [-0.39, 0.29) is 37.2 Å². The largest absolute Gasteiger partial charge is 0.442 e. The number of carbonyl (C=O) groups is 4. The van der Waals surface area contributed by atoms with Gasteiger partial charge in [-0.2, -0.15) is 5.48 Å². The molecule has 0 saturated carbocycles. The minimum absolute atomic E-state index is 0.118. The number of ether oxygens (including phenoxy) is 1. The Labute approximate surface area is 134 Å². The van der Waals surface area contributed by atoms with Crippen molar-refractivity contribution in [1.82, 2.24) is 15.7 Å². The first kappa shape index (κ1) is 18.9. The first-order valence-corrected chi connectivity index (χ1v) is 7.32. The highest BCUT2D eigenvalue weighted by Gasteiger charge is 2.34. The molecule has 1 aliphatic rings. The summed E-state index contributed by atoms with van der Waals surface area (Å²) in [4.78, 5) is 51.8. The Hall–Kier alpha value is -2.16. The summed E-state index contributed by atoms with van der Waals surface area (Å²) in [6.07, 6.45) is -0.595. The Bertz CT molecular complexity index is 485. The van der Waals surface area contributed by atoms with Crippen LogP contribution >= 0.6 is 0 Å². The van der Waals surface area contributed by atoms with Crippen LogP contribution in [0.5, 0.6) is 0 Å². The van der Waals surface area contributed by atoms with Crippen LogP contribution < -0.4 is 10.8 Å². The van der Waals surface area contributed by atoms with E-state index in [1.165, 1.54) is 0 Å². The van der Waals surface area contributed by atoms with Crippen LogP contribution in [-0.4, -0.2) is 54.0 Å². The van der Waals surface area contributed by atoms with Gasteiger partial charge in [-0.15, -0.1) is 0 Å². The quantitative estimate of drug-likeness (QED) is 0.522. The lowest BCUT2D eigenvalue weighted by Crippen LogP contribution is -2.40. The van der Waals surface area contributed by atoms with Crippen molar-refractivity contribution in [2.24, 2.45) is 5.92 Å². The van der Waals surface area contributed by atoms with Crippen LogP contribution in [0.3, 0.4) is 0 Å². The molecule has 0 aromatic rings. The number of hydrogen-bond donors (Lipinski definition) is 2. The van der Waals surface area contributed by atoms with Crippen LogP contribution in [0.15, 0.2) is 0 Å². The normalized spacial score (nSPS) is 18.1. The van der Waals surface area contributed by atoms with Crippen molar-refractivity contribution in [1.29, 1.82) is 0 Å². The zero-order chi connectivity index (χ0) is 17.6. The molecule has 1 saturated heterocycles. The first-order valence-electron chi connectivity index (χ1n) is 7.32. The maximum Gasteiger partial charge on any atom is 0.431 e. The number of hydroxylamine groups is 1. The highest BCUT2D eigenvalue weighted by atomic mass is 16.7. The van der Waals surface area contributed by atoms with E-state index in [1.807, 2.05) is 5.48 Å². The van der Waals surface area contributed by atoms with Gasteiger partial charge in [-0.05, 0) is 20.8 Å². The number of nitrogens with one attached hydrogen (secondary N) is 2. The standard InChI is InChI=1S/C14H23N3O6/c1-9-7-11(19)17(12(9)20)6-5-15-10(18)8-22-16-13(21)23-14(2,3)4/h9H,5-8H2,1-4H3,(H,15,18)(H,16,21). The van der Waals surface area contributed by atoms with Crippen molar-refractivity contribution in [3.8, 4) is 0 Å². The third-order valence-corrected chi connectivity index (χ3v) is 2.88. The molecule has 4 amide bonds. The third kappa shape index (κ3) is 6.64. The highest BCUT2D eigenvalue weighted by Crippen LogP contribution is 2.17. The van der Waals surface area contributed by atoms with Crippen molar-refractivity contribution in [2.75, 3.05) is 19.7 Å². The summed E-state index contributed by atoms with van der Waals surface area (Å²) >= 11 is 0. The molecule has 0 aliphatic carbocycles. The molecule has 1 atom stereocenters. The van der Waals surface area contributed by atoms with Gasteiger partial charge < -0.3 is 10.1 Å². The molecule has 1 rings (SSSR count). The number of carbonyl (C=O) groups excluding carboxylic acids is 4. The second-order valence-corrected chi connectivity index (χ2v) is 6.23. The zero-order valence-electron chi connectivity index (χ0n) is 13.8. The number of nitrogens with zero attached hydrogens (tertiary/aromatic N) is 1. The summed E-state index contributed by atoms with van der Waals surface area (Å²) < 4.78 is 4.91. The average Bonchev–Trinajstić information content (AvgIpc) is 2.63. The molecular weight excluding hydrogens is 306 g/mol. The Morgan fingerprint density at radius 1 is 1.30 bits per heavy atom. The second-order valence-electron chi connectivity index (χ2n) is 6.23. The Kier molecular flexibility index (Phi) is 6.49. The number of rotatable bonds is 6. The predicted octanol–water partition coefficient (Wildman–Crippen LogP) is -0.0461. The molecule has 1 fully saturated rings. The van der Waals surface area contributed by atoms with Crippen molar-refractivity contribution >= 4 is 23.8 Å². The molecule has 0 aromatic carbocycles. The molecule has 0 aromatic heterocycles. The van der Waals surface area contributed by atoms with Gasteiger partial charge in [-0.1, -0.05) is 6.92 Å². The van der Waals surface area contributed by atoms with Gasteiger partial charge in [0.05, 0.1) is 0 Å². The Morgan fingerprint density at radius 3 is 2.48 bits per heavy atom. The van der Waals surface area contributed by atoms with E-state index in [4.69, 9.17) is 9.57 Å². The Balaban J connectivity index is 2.17. The zero-order valence-corrected chi connectivity index (χ0v) is 13.8. The number of imide groups is 1. The molecular formula is C14H23N3O6. The number of likely N-dealkylation sites (tertiary alicyclic amines) is 1. The topological polar surface area (TPSA) is 114 Å². The van der Waals surface area contributed by atoms with Gasteiger partial charge in [0.15, 0.2) is 6.61 Å². The van der Waals surface area contributed by atoms with Crippen LogP contribution in [0, 0.1) is 5.92 Å². The van der Waals surface area contributed by atoms with Gasteiger partial charge >= 0.3 is 6.09 Å². The maximum absolute atomic E-state index is 11.7. The smallest absolute Gasteiger partial charge is 0.431 e. The van der Waals surface area contributed by atoms with Gasteiger partial charge in [0.2, 0.25) is 17.7 Å². The van der Waals surface area contributed by atoms with Gasteiger partial charge in [0.25, 0.3) is 0 Å². The van der Waals surface area contributed by atoms with E-state index in [0.717, 1.165) is 4.90 Å². The predicted molar refractivity (Wildman–Crippen MR) is 78.8 cm³/mol. The molecule has 0 spiro atoms. The van der Waals surface area contributed by atoms with Crippen LogP contribution in [0.2, 0.25) is 0 Å². The van der Waals surface area contributed by atoms with Gasteiger partial charge in [0, 0.05) is 25.4 Å². The van der Waals surface area contributed by atoms with Crippen LogP contribution in [-0.2, 0) is 24.0 Å². The molecule has 2 N–H and O–H groups in total. The number of hydrogen-bond acceptors (Lipinski definition) is 6. The van der Waals surface area contributed by atoms with Gasteiger partial charge in [-0.25, -0.2) is 4.79 Å². The summed E-state index contributed by atoms with van der Waals surface area (Å²) in [7, 11) is 0. The van der Waals surface area contributed by atoms with Crippen LogP contribution in [0.4, 0.5) is 4.79 Å². The number of amides is 4. The summed E-state index contributed by atoms with van der Waals surface area (Å²) in [6, 6.07) is 0. The first-order chi connectivity index (χ1) is 10.6. The van der Waals surface area contributed by atoms with Crippen LogP contribution in [0.25, 0.3) is 0 Å². The van der Waals surface area contributed by atoms with E-state index >= 15 is 0 Å². The minimum Gasteiger partial charge on any atom is -0.442 e. The highest BCUT2D eigenvalue weighted by molar-refractivity contribution is 6.03. The molecule has 1 unspecified atom stereocenters. The lowest BCUT2D eigenvalue weighted by Gasteiger charge is -2.19. The van der Waals surface area contributed by atoms with Crippen molar-refractivity contribution in [3.63, 3.8) is 0 Å². The van der Waals surface area contributed by atoms with Crippen molar-refractivity contribution < 1.29 is 28.8 Å². The molecule has 0 bridgehead atoms. The maximum atomic E-state index is 11.7. The van der Waals surface area contributed by atoms with Crippen LogP contribution in [0.1, 0.15) is 34.1 Å². The molecule has 9 nitrogen and oxygen atoms in total. The van der Waals surface area contributed by atoms with E-state index in [2.05, 4.69) is 5.32 Å². The van der Waals surface area contributed by atoms with Crippen molar-refractivity contribution in [3.05, 3.63) is 0 Å². The van der Waals surface area contributed by atoms with E-state index in [9.17, 15) is 19.2 Å². The second kappa shape index (κ2) is 7.91. The van der Waals surface area contributed by atoms with Crippen molar-refractivity contribution in [2.45, 2.75) is 39.7 Å². The molecule has 1 heterocycles. The molecule has 130 valence electrons. The van der Waals surface area contributed by atoms with E-state index in [1.54, 1.807) is 27.7 Å². The van der Waals surface area contributed by atoms with E-state index in [0.29, 0.717) is 0 Å². The van der Waals surface area contributed by atoms with Gasteiger partial charge in [0.1, 0.15) is 5.60 Å². The monoisotopic (exact) mass is 329 g/mol. The summed E-state index contributed by atoms with van der Waals surface area (Å²) in [6.45, 7) is 6.61. The minimum atomic E-state index is -0.799.